The number of hydrogen-bond donors (Lipinski definition) is 1. The van der Waals surface area contributed by atoms with Gasteiger partial charge in [-0.25, -0.2) is 14.1 Å². The first kappa shape index (κ1) is 21.5. The van der Waals surface area contributed by atoms with Gasteiger partial charge in [0.25, 0.3) is 5.56 Å². The van der Waals surface area contributed by atoms with Gasteiger partial charge in [-0.1, -0.05) is 68.1 Å². The molecule has 0 saturated carbocycles. The van der Waals surface area contributed by atoms with Gasteiger partial charge in [0, 0.05) is 23.7 Å². The molecular formula is C25H25N5O2S. The predicted octanol–water partition coefficient (Wildman–Crippen LogP) is 4.05. The highest BCUT2D eigenvalue weighted by Crippen LogP contribution is 2.42. The third-order valence-electron chi connectivity index (χ3n) is 6.41. The molecule has 168 valence electrons. The van der Waals surface area contributed by atoms with Crippen LogP contribution in [0.5, 0.6) is 0 Å². The SMILES string of the molecule is CC[C@]1(C)Cc2ccccc2-c2nc3n(C)nc(SCC(=O)Nc4ccccc4)n3c(=O)c21. The molecule has 1 aliphatic carbocycles. The number of hydrogen-bond acceptors (Lipinski definition) is 5. The highest BCUT2D eigenvalue weighted by molar-refractivity contribution is 7.99. The minimum Gasteiger partial charge on any atom is -0.325 e. The molecule has 2 heterocycles. The molecule has 0 unspecified atom stereocenters. The van der Waals surface area contributed by atoms with E-state index in [-0.39, 0.29) is 22.6 Å². The topological polar surface area (TPSA) is 81.3 Å². The lowest BCUT2D eigenvalue weighted by molar-refractivity contribution is -0.113. The fourth-order valence-electron chi connectivity index (χ4n) is 4.51. The summed E-state index contributed by atoms with van der Waals surface area (Å²) >= 11 is 1.24. The summed E-state index contributed by atoms with van der Waals surface area (Å²) in [7, 11) is 1.77. The summed E-state index contributed by atoms with van der Waals surface area (Å²) < 4.78 is 3.17. The summed E-state index contributed by atoms with van der Waals surface area (Å²) in [6.07, 6.45) is 1.61. The zero-order chi connectivity index (χ0) is 23.2. The zero-order valence-electron chi connectivity index (χ0n) is 18.8. The molecule has 1 atom stereocenters. The molecule has 1 N–H and O–H groups in total. The molecular weight excluding hydrogens is 434 g/mol. The van der Waals surface area contributed by atoms with Crippen molar-refractivity contribution < 1.29 is 4.79 Å². The predicted molar refractivity (Wildman–Crippen MR) is 131 cm³/mol. The van der Waals surface area contributed by atoms with Gasteiger partial charge in [0.2, 0.25) is 11.7 Å². The van der Waals surface area contributed by atoms with Crippen LogP contribution in [-0.2, 0) is 23.7 Å². The van der Waals surface area contributed by atoms with E-state index in [0.29, 0.717) is 10.9 Å². The summed E-state index contributed by atoms with van der Waals surface area (Å²) in [4.78, 5) is 31.3. The molecule has 1 amide bonds. The number of carbonyl (C=O) groups excluding carboxylic acids is 1. The van der Waals surface area contributed by atoms with Crippen LogP contribution < -0.4 is 10.9 Å². The molecule has 0 aliphatic heterocycles. The van der Waals surface area contributed by atoms with Crippen LogP contribution in [0.15, 0.2) is 64.5 Å². The van der Waals surface area contributed by atoms with Crippen molar-refractivity contribution >= 4 is 29.1 Å². The summed E-state index contributed by atoms with van der Waals surface area (Å²) in [5.41, 5.74) is 4.00. The van der Waals surface area contributed by atoms with Crippen LogP contribution in [0.25, 0.3) is 17.0 Å². The van der Waals surface area contributed by atoms with E-state index in [1.54, 1.807) is 16.1 Å². The Bertz CT molecular complexity index is 1430. The standard InChI is InChI=1S/C25H25N5O2S/c1-4-25(2)14-16-10-8-9-13-18(16)21-20(25)22(32)30-23(27-21)29(3)28-24(30)33-15-19(31)26-17-11-6-5-7-12-17/h5-13H,4,14-15H2,1-3H3,(H,26,31)/t25-/m1/s1. The lowest BCUT2D eigenvalue weighted by Crippen LogP contribution is -2.37. The van der Waals surface area contributed by atoms with E-state index in [0.717, 1.165) is 35.3 Å². The van der Waals surface area contributed by atoms with Gasteiger partial charge in [-0.3, -0.25) is 9.59 Å². The van der Waals surface area contributed by atoms with Crippen LogP contribution in [0.1, 0.15) is 31.4 Å². The summed E-state index contributed by atoms with van der Waals surface area (Å²) in [6, 6.07) is 17.5. The van der Waals surface area contributed by atoms with E-state index < -0.39 is 0 Å². The van der Waals surface area contributed by atoms with Gasteiger partial charge >= 0.3 is 0 Å². The van der Waals surface area contributed by atoms with Crippen molar-refractivity contribution in [1.29, 1.82) is 0 Å². The fourth-order valence-corrected chi connectivity index (χ4v) is 5.32. The van der Waals surface area contributed by atoms with E-state index in [2.05, 4.69) is 30.3 Å². The second kappa shape index (κ2) is 8.19. The first-order chi connectivity index (χ1) is 15.9. The van der Waals surface area contributed by atoms with Crippen LogP contribution in [0.2, 0.25) is 0 Å². The Balaban J connectivity index is 1.56. The van der Waals surface area contributed by atoms with Crippen molar-refractivity contribution in [3.8, 4) is 11.3 Å². The largest absolute Gasteiger partial charge is 0.325 e. The molecule has 0 fully saturated rings. The number of fused-ring (bicyclic) bond motifs is 4. The molecule has 2 aromatic carbocycles. The molecule has 1 aliphatic rings. The normalized spacial score (nSPS) is 16.9. The maximum absolute atomic E-state index is 13.9. The zero-order valence-corrected chi connectivity index (χ0v) is 19.6. The number of aromatic nitrogens is 4. The number of nitrogens with one attached hydrogen (secondary N) is 1. The molecule has 0 saturated heterocycles. The van der Waals surface area contributed by atoms with Gasteiger partial charge in [0.05, 0.1) is 17.0 Å². The van der Waals surface area contributed by atoms with E-state index in [9.17, 15) is 9.59 Å². The molecule has 0 bridgehead atoms. The van der Waals surface area contributed by atoms with Crippen LogP contribution in [0, 0.1) is 0 Å². The average Bonchev–Trinajstić information content (AvgIpc) is 3.14. The van der Waals surface area contributed by atoms with E-state index in [1.165, 1.54) is 17.3 Å². The van der Waals surface area contributed by atoms with Crippen molar-refractivity contribution in [2.75, 3.05) is 11.1 Å². The van der Waals surface area contributed by atoms with Crippen molar-refractivity contribution in [2.24, 2.45) is 7.05 Å². The maximum Gasteiger partial charge on any atom is 0.265 e. The van der Waals surface area contributed by atoms with Crippen molar-refractivity contribution in [1.82, 2.24) is 19.2 Å². The van der Waals surface area contributed by atoms with E-state index in [4.69, 9.17) is 4.98 Å². The third-order valence-corrected chi connectivity index (χ3v) is 7.34. The van der Waals surface area contributed by atoms with Gasteiger partial charge < -0.3 is 5.32 Å². The second-order valence-electron chi connectivity index (χ2n) is 8.63. The number of benzene rings is 2. The van der Waals surface area contributed by atoms with Gasteiger partial charge in [-0.05, 0) is 30.5 Å². The van der Waals surface area contributed by atoms with Crippen LogP contribution >= 0.6 is 11.8 Å². The summed E-state index contributed by atoms with van der Waals surface area (Å²) in [5, 5.41) is 7.86. The van der Waals surface area contributed by atoms with Crippen molar-refractivity contribution in [3.63, 3.8) is 0 Å². The summed E-state index contributed by atoms with van der Waals surface area (Å²) in [5.74, 6) is 0.453. The minimum absolute atomic E-state index is 0.104. The fraction of sp³-hybridized carbons (Fsp3) is 0.280. The first-order valence-electron chi connectivity index (χ1n) is 11.0. The molecule has 0 spiro atoms. The van der Waals surface area contributed by atoms with E-state index >= 15 is 0 Å². The Morgan fingerprint density at radius 3 is 2.64 bits per heavy atom. The van der Waals surface area contributed by atoms with E-state index in [1.807, 2.05) is 48.5 Å². The number of carbonyl (C=O) groups is 1. The highest BCUT2D eigenvalue weighted by atomic mass is 32.2. The van der Waals surface area contributed by atoms with Crippen molar-refractivity contribution in [2.45, 2.75) is 37.3 Å². The maximum atomic E-state index is 13.9. The lowest BCUT2D eigenvalue weighted by atomic mass is 9.69. The number of nitrogens with zero attached hydrogens (tertiary/aromatic N) is 4. The average molecular weight is 460 g/mol. The molecule has 8 heteroatoms. The third kappa shape index (κ3) is 3.64. The van der Waals surface area contributed by atoms with Gasteiger partial charge in [-0.15, -0.1) is 5.10 Å². The molecule has 4 aromatic rings. The Morgan fingerprint density at radius 1 is 1.15 bits per heavy atom. The molecule has 5 rings (SSSR count). The Hall–Kier alpha value is -3.39. The first-order valence-corrected chi connectivity index (χ1v) is 12.0. The number of para-hydroxylation sites is 1. The number of amides is 1. The Labute approximate surface area is 195 Å². The molecule has 0 radical (unpaired) electrons. The van der Waals surface area contributed by atoms with Gasteiger partial charge in [0.15, 0.2) is 5.16 Å². The lowest BCUT2D eigenvalue weighted by Gasteiger charge is -2.34. The molecule has 2 aromatic heterocycles. The smallest absolute Gasteiger partial charge is 0.265 e. The van der Waals surface area contributed by atoms with Gasteiger partial charge in [0.1, 0.15) is 0 Å². The summed E-state index contributed by atoms with van der Waals surface area (Å²) in [6.45, 7) is 4.24. The van der Waals surface area contributed by atoms with Crippen LogP contribution in [0.3, 0.4) is 0 Å². The monoisotopic (exact) mass is 459 g/mol. The van der Waals surface area contributed by atoms with Crippen molar-refractivity contribution in [3.05, 3.63) is 76.1 Å². The van der Waals surface area contributed by atoms with Crippen LogP contribution in [0.4, 0.5) is 5.69 Å². The Morgan fingerprint density at radius 2 is 1.88 bits per heavy atom. The molecule has 7 nitrogen and oxygen atoms in total. The number of aryl methyl sites for hydroxylation is 1. The number of anilines is 1. The Kier molecular flexibility index (Phi) is 5.32. The highest BCUT2D eigenvalue weighted by Gasteiger charge is 2.38. The minimum atomic E-state index is -0.322. The molecule has 33 heavy (non-hydrogen) atoms. The number of rotatable bonds is 5. The second-order valence-corrected chi connectivity index (χ2v) is 9.58. The van der Waals surface area contributed by atoms with Crippen LogP contribution in [-0.4, -0.2) is 30.8 Å². The van der Waals surface area contributed by atoms with Gasteiger partial charge in [-0.2, -0.15) is 0 Å². The number of thioether (sulfide) groups is 1. The quantitative estimate of drug-likeness (QED) is 0.456.